The first-order valence-corrected chi connectivity index (χ1v) is 9.66. The lowest BCUT2D eigenvalue weighted by Gasteiger charge is -2.43. The highest BCUT2D eigenvalue weighted by atomic mass is 32.1. The van der Waals surface area contributed by atoms with Crippen molar-refractivity contribution >= 4 is 17.4 Å². The van der Waals surface area contributed by atoms with Crippen molar-refractivity contribution in [1.82, 2.24) is 9.88 Å². The van der Waals surface area contributed by atoms with Crippen molar-refractivity contribution in [3.63, 3.8) is 0 Å². The summed E-state index contributed by atoms with van der Waals surface area (Å²) < 4.78 is 25.7. The van der Waals surface area contributed by atoms with Crippen LogP contribution in [0.25, 0.3) is 10.6 Å². The Morgan fingerprint density at radius 3 is 2.68 bits per heavy atom. The van der Waals surface area contributed by atoms with Crippen LogP contribution in [0.1, 0.15) is 31.2 Å². The van der Waals surface area contributed by atoms with Crippen LogP contribution < -0.4 is 4.74 Å². The molecule has 1 amide bonds. The number of thiazole rings is 1. The number of rotatable bonds is 4. The van der Waals surface area contributed by atoms with Crippen LogP contribution in [0.15, 0.2) is 24.4 Å². The molecule has 1 fully saturated rings. The number of carbonyl (C=O) groups is 1. The summed E-state index contributed by atoms with van der Waals surface area (Å²) in [5.41, 5.74) is -1.09. The minimum absolute atomic E-state index is 0.0849. The molecule has 0 saturated carbocycles. The van der Waals surface area contributed by atoms with E-state index in [2.05, 4.69) is 11.1 Å². The molecular weight excluding hydrogens is 381 g/mol. The van der Waals surface area contributed by atoms with Gasteiger partial charge in [-0.05, 0) is 45.9 Å². The molecule has 1 aliphatic heterocycles. The molecule has 0 radical (unpaired) electrons. The normalized spacial score (nSPS) is 15.5. The van der Waals surface area contributed by atoms with Crippen LogP contribution >= 0.6 is 11.3 Å². The minimum Gasteiger partial charge on any atom is -0.490 e. The first-order chi connectivity index (χ1) is 13.1. The Morgan fingerprint density at radius 1 is 1.39 bits per heavy atom. The quantitative estimate of drug-likeness (QED) is 0.760. The topological polar surface area (TPSA) is 75.5 Å². The van der Waals surface area contributed by atoms with Crippen molar-refractivity contribution in [3.8, 4) is 22.4 Å². The van der Waals surface area contributed by atoms with E-state index in [0.29, 0.717) is 11.3 Å². The average Bonchev–Trinajstić information content (AvgIpc) is 3.02. The molecule has 0 atom stereocenters. The molecule has 148 valence electrons. The van der Waals surface area contributed by atoms with Crippen LogP contribution in [0.2, 0.25) is 0 Å². The smallest absolute Gasteiger partial charge is 0.410 e. The number of aromatic nitrogens is 1. The second-order valence-corrected chi connectivity index (χ2v) is 9.14. The van der Waals surface area contributed by atoms with Gasteiger partial charge >= 0.3 is 6.09 Å². The van der Waals surface area contributed by atoms with Gasteiger partial charge in [0.15, 0.2) is 5.67 Å². The van der Waals surface area contributed by atoms with Gasteiger partial charge in [-0.1, -0.05) is 0 Å². The van der Waals surface area contributed by atoms with Gasteiger partial charge in [-0.15, -0.1) is 11.3 Å². The van der Waals surface area contributed by atoms with E-state index in [1.807, 2.05) is 6.92 Å². The number of benzene rings is 1. The Labute approximate surface area is 167 Å². The molecule has 3 rings (SSSR count). The van der Waals surface area contributed by atoms with Crippen LogP contribution in [0.4, 0.5) is 9.18 Å². The van der Waals surface area contributed by atoms with Crippen molar-refractivity contribution in [2.24, 2.45) is 0 Å². The fraction of sp³-hybridized carbons (Fsp3) is 0.450. The monoisotopic (exact) mass is 403 g/mol. The second kappa shape index (κ2) is 7.40. The molecule has 1 aromatic carbocycles. The largest absolute Gasteiger partial charge is 0.490 e. The number of hydrogen-bond acceptors (Lipinski definition) is 6. The number of hydrogen-bond donors (Lipinski definition) is 0. The molecule has 28 heavy (non-hydrogen) atoms. The highest BCUT2D eigenvalue weighted by Crippen LogP contribution is 2.32. The number of nitrogens with zero attached hydrogens (tertiary/aromatic N) is 3. The third-order valence-electron chi connectivity index (χ3n) is 4.00. The van der Waals surface area contributed by atoms with Gasteiger partial charge in [0, 0.05) is 16.6 Å². The fourth-order valence-corrected chi connectivity index (χ4v) is 3.51. The predicted octanol–water partition coefficient (Wildman–Crippen LogP) is 4.33. The summed E-state index contributed by atoms with van der Waals surface area (Å²) in [7, 11) is 0. The Morgan fingerprint density at radius 2 is 2.11 bits per heavy atom. The van der Waals surface area contributed by atoms with Gasteiger partial charge in [0.2, 0.25) is 0 Å². The second-order valence-electron chi connectivity index (χ2n) is 7.91. The zero-order chi connectivity index (χ0) is 20.5. The van der Waals surface area contributed by atoms with Crippen LogP contribution in [-0.4, -0.2) is 46.9 Å². The standard InChI is InChI=1S/C20H22FN3O3S/c1-13-9-23-17(28-13)15-5-14(8-22)6-16(7-15)26-12-20(21)10-24(11-20)18(25)27-19(2,3)4/h5-7,9H,10-12H2,1-4H3. The van der Waals surface area contributed by atoms with Crippen molar-refractivity contribution < 1.29 is 18.7 Å². The summed E-state index contributed by atoms with van der Waals surface area (Å²) in [5.74, 6) is 0.398. The van der Waals surface area contributed by atoms with Gasteiger partial charge in [0.05, 0.1) is 24.7 Å². The number of likely N-dealkylation sites (tertiary alicyclic amines) is 1. The van der Waals surface area contributed by atoms with Gasteiger partial charge in [0.25, 0.3) is 0 Å². The summed E-state index contributed by atoms with van der Waals surface area (Å²) in [6.45, 7) is 6.86. The Balaban J connectivity index is 1.64. The number of amides is 1. The SMILES string of the molecule is Cc1cnc(-c2cc(C#N)cc(OCC3(F)CN(C(=O)OC(C)(C)C)C3)c2)s1. The molecule has 8 heteroatoms. The van der Waals surface area contributed by atoms with E-state index in [1.165, 1.54) is 16.2 Å². The number of aryl methyl sites for hydroxylation is 1. The first-order valence-electron chi connectivity index (χ1n) is 8.85. The lowest BCUT2D eigenvalue weighted by atomic mass is 9.98. The first kappa shape index (κ1) is 20.1. The van der Waals surface area contributed by atoms with E-state index < -0.39 is 17.4 Å². The van der Waals surface area contributed by atoms with Crippen LogP contribution in [0.5, 0.6) is 5.75 Å². The third-order valence-corrected chi connectivity index (χ3v) is 4.96. The molecule has 2 aromatic rings. The van der Waals surface area contributed by atoms with Crippen molar-refractivity contribution in [2.45, 2.75) is 39.0 Å². The molecule has 1 aliphatic rings. The summed E-state index contributed by atoms with van der Waals surface area (Å²) in [5, 5.41) is 10.0. The van der Waals surface area contributed by atoms with E-state index in [9.17, 15) is 14.4 Å². The molecular formula is C20H22FN3O3S. The van der Waals surface area contributed by atoms with Gasteiger partial charge in [0.1, 0.15) is 23.0 Å². The maximum Gasteiger partial charge on any atom is 0.410 e. The van der Waals surface area contributed by atoms with Gasteiger partial charge in [-0.25, -0.2) is 14.2 Å². The van der Waals surface area contributed by atoms with Crippen molar-refractivity contribution in [2.75, 3.05) is 19.7 Å². The van der Waals surface area contributed by atoms with Gasteiger partial charge in [-0.3, -0.25) is 0 Å². The molecule has 1 saturated heterocycles. The summed E-state index contributed by atoms with van der Waals surface area (Å²) >= 11 is 1.51. The molecule has 0 unspecified atom stereocenters. The summed E-state index contributed by atoms with van der Waals surface area (Å²) in [4.78, 5) is 18.6. The number of carbonyl (C=O) groups excluding carboxylic acids is 1. The average molecular weight is 403 g/mol. The number of ether oxygens (including phenoxy) is 2. The Bertz CT molecular complexity index is 924. The lowest BCUT2D eigenvalue weighted by Crippen LogP contribution is -2.64. The predicted molar refractivity (Wildman–Crippen MR) is 104 cm³/mol. The molecule has 0 spiro atoms. The van der Waals surface area contributed by atoms with E-state index in [4.69, 9.17) is 9.47 Å². The lowest BCUT2D eigenvalue weighted by molar-refractivity contribution is -0.0685. The molecule has 1 aromatic heterocycles. The van der Waals surface area contributed by atoms with Gasteiger partial charge < -0.3 is 14.4 Å². The minimum atomic E-state index is -1.64. The maximum absolute atomic E-state index is 14.8. The van der Waals surface area contributed by atoms with E-state index >= 15 is 0 Å². The van der Waals surface area contributed by atoms with Crippen molar-refractivity contribution in [1.29, 1.82) is 5.26 Å². The van der Waals surface area contributed by atoms with E-state index in [-0.39, 0.29) is 19.7 Å². The number of nitriles is 1. The molecule has 0 bridgehead atoms. The van der Waals surface area contributed by atoms with Gasteiger partial charge in [-0.2, -0.15) is 5.26 Å². The number of alkyl halides is 1. The zero-order valence-corrected chi connectivity index (χ0v) is 17.1. The molecule has 2 heterocycles. The Kier molecular flexibility index (Phi) is 5.31. The summed E-state index contributed by atoms with van der Waals surface area (Å²) in [6.07, 6.45) is 1.23. The highest BCUT2D eigenvalue weighted by molar-refractivity contribution is 7.14. The van der Waals surface area contributed by atoms with Crippen LogP contribution in [0, 0.1) is 18.3 Å². The highest BCUT2D eigenvalue weighted by Gasteiger charge is 2.48. The molecule has 0 aliphatic carbocycles. The maximum atomic E-state index is 14.8. The summed E-state index contributed by atoms with van der Waals surface area (Å²) in [6, 6.07) is 7.12. The Hall–Kier alpha value is -2.66. The van der Waals surface area contributed by atoms with E-state index in [0.717, 1.165) is 15.4 Å². The molecule has 0 N–H and O–H groups in total. The number of halogens is 1. The fourth-order valence-electron chi connectivity index (χ4n) is 2.76. The van der Waals surface area contributed by atoms with Crippen LogP contribution in [0.3, 0.4) is 0 Å². The zero-order valence-electron chi connectivity index (χ0n) is 16.3. The van der Waals surface area contributed by atoms with Crippen molar-refractivity contribution in [3.05, 3.63) is 34.8 Å². The van der Waals surface area contributed by atoms with E-state index in [1.54, 1.807) is 45.2 Å². The third kappa shape index (κ3) is 4.78. The van der Waals surface area contributed by atoms with Crippen LogP contribution in [-0.2, 0) is 4.74 Å². The molecule has 6 nitrogen and oxygen atoms in total.